The molecular formula is C24H32N2O2. The van der Waals surface area contributed by atoms with Crippen LogP contribution in [0.15, 0.2) is 48.5 Å². The highest BCUT2D eigenvalue weighted by atomic mass is 16.5. The molecule has 0 saturated carbocycles. The number of amides is 1. The van der Waals surface area contributed by atoms with E-state index in [2.05, 4.69) is 42.3 Å². The molecule has 2 aromatic carbocycles. The van der Waals surface area contributed by atoms with Gasteiger partial charge >= 0.3 is 0 Å². The molecule has 1 fully saturated rings. The summed E-state index contributed by atoms with van der Waals surface area (Å²) < 4.78 is 5.89. The summed E-state index contributed by atoms with van der Waals surface area (Å²) in [5, 5.41) is 3.20. The molecule has 4 heteroatoms. The van der Waals surface area contributed by atoms with Gasteiger partial charge in [-0.05, 0) is 56.5 Å². The third-order valence-corrected chi connectivity index (χ3v) is 5.33. The number of unbranched alkanes of at least 4 members (excludes halogenated alkanes) is 1. The van der Waals surface area contributed by atoms with E-state index >= 15 is 0 Å². The average molecular weight is 381 g/mol. The summed E-state index contributed by atoms with van der Waals surface area (Å²) in [5.74, 6) is 0.719. The Morgan fingerprint density at radius 1 is 1.14 bits per heavy atom. The van der Waals surface area contributed by atoms with E-state index < -0.39 is 0 Å². The second kappa shape index (κ2) is 10.3. The molecule has 0 atom stereocenters. The molecule has 4 nitrogen and oxygen atoms in total. The molecule has 1 heterocycles. The van der Waals surface area contributed by atoms with Crippen molar-refractivity contribution < 1.29 is 9.53 Å². The van der Waals surface area contributed by atoms with E-state index in [-0.39, 0.29) is 11.9 Å². The van der Waals surface area contributed by atoms with Gasteiger partial charge in [-0.3, -0.25) is 4.79 Å². The van der Waals surface area contributed by atoms with Crippen molar-refractivity contribution in [3.05, 3.63) is 65.2 Å². The zero-order valence-corrected chi connectivity index (χ0v) is 17.1. The molecule has 0 bridgehead atoms. The van der Waals surface area contributed by atoms with E-state index in [1.807, 2.05) is 30.3 Å². The summed E-state index contributed by atoms with van der Waals surface area (Å²) in [6.45, 7) is 8.13. The summed E-state index contributed by atoms with van der Waals surface area (Å²) in [6, 6.07) is 16.0. The molecule has 1 aliphatic heterocycles. The fraction of sp³-hybridized carbons (Fsp3) is 0.458. The average Bonchev–Trinajstić information content (AvgIpc) is 2.72. The monoisotopic (exact) mass is 380 g/mol. The number of carbonyl (C=O) groups excluding carboxylic acids is 1. The zero-order chi connectivity index (χ0) is 19.8. The van der Waals surface area contributed by atoms with Crippen molar-refractivity contribution >= 4 is 5.91 Å². The van der Waals surface area contributed by atoms with E-state index in [9.17, 15) is 4.79 Å². The summed E-state index contributed by atoms with van der Waals surface area (Å²) in [7, 11) is 0. The van der Waals surface area contributed by atoms with Crippen molar-refractivity contribution in [3.8, 4) is 5.75 Å². The molecule has 0 spiro atoms. The molecule has 0 unspecified atom stereocenters. The molecule has 150 valence electrons. The summed E-state index contributed by atoms with van der Waals surface area (Å²) in [5.41, 5.74) is 3.01. The number of ether oxygens (including phenoxy) is 1. The number of carbonyl (C=O) groups is 1. The van der Waals surface area contributed by atoms with Gasteiger partial charge < -0.3 is 15.0 Å². The maximum Gasteiger partial charge on any atom is 0.251 e. The van der Waals surface area contributed by atoms with Gasteiger partial charge in [0.15, 0.2) is 0 Å². The van der Waals surface area contributed by atoms with Crippen molar-refractivity contribution in [2.45, 2.75) is 52.2 Å². The Kier molecular flexibility index (Phi) is 7.49. The highest BCUT2D eigenvalue weighted by Crippen LogP contribution is 2.17. The first kappa shape index (κ1) is 20.4. The van der Waals surface area contributed by atoms with E-state index in [4.69, 9.17) is 4.74 Å². The Morgan fingerprint density at radius 3 is 2.68 bits per heavy atom. The van der Waals surface area contributed by atoms with Gasteiger partial charge in [0.1, 0.15) is 12.4 Å². The van der Waals surface area contributed by atoms with Crippen molar-refractivity contribution in [1.29, 1.82) is 0 Å². The molecule has 3 rings (SSSR count). The van der Waals surface area contributed by atoms with Crippen LogP contribution in [0.4, 0.5) is 0 Å². The van der Waals surface area contributed by atoms with Gasteiger partial charge in [-0.15, -0.1) is 0 Å². The Bertz CT molecular complexity index is 767. The number of likely N-dealkylation sites (tertiary alicyclic amines) is 1. The minimum absolute atomic E-state index is 0.00647. The second-order valence-corrected chi connectivity index (χ2v) is 7.75. The Morgan fingerprint density at radius 2 is 1.93 bits per heavy atom. The minimum Gasteiger partial charge on any atom is -0.489 e. The molecule has 1 aliphatic rings. The summed E-state index contributed by atoms with van der Waals surface area (Å²) in [6.07, 6.45) is 4.54. The van der Waals surface area contributed by atoms with Crippen LogP contribution in [0.2, 0.25) is 0 Å². The van der Waals surface area contributed by atoms with Gasteiger partial charge in [0.25, 0.3) is 5.91 Å². The lowest BCUT2D eigenvalue weighted by molar-refractivity contribution is 0.0910. The molecule has 28 heavy (non-hydrogen) atoms. The zero-order valence-electron chi connectivity index (χ0n) is 17.1. The third kappa shape index (κ3) is 6.10. The van der Waals surface area contributed by atoms with Gasteiger partial charge in [-0.2, -0.15) is 0 Å². The molecule has 0 aromatic heterocycles. The van der Waals surface area contributed by atoms with Gasteiger partial charge in [0, 0.05) is 24.7 Å². The van der Waals surface area contributed by atoms with Crippen LogP contribution in [0.25, 0.3) is 0 Å². The predicted octanol–water partition coefficient (Wildman–Crippen LogP) is 4.57. The number of hydrogen-bond acceptors (Lipinski definition) is 3. The van der Waals surface area contributed by atoms with Gasteiger partial charge in [-0.1, -0.05) is 49.2 Å². The first-order valence-corrected chi connectivity index (χ1v) is 10.5. The molecule has 1 amide bonds. The van der Waals surface area contributed by atoms with E-state index in [1.165, 1.54) is 24.9 Å². The highest BCUT2D eigenvalue weighted by molar-refractivity contribution is 5.94. The number of piperidine rings is 1. The van der Waals surface area contributed by atoms with Crippen LogP contribution in [0.3, 0.4) is 0 Å². The smallest absolute Gasteiger partial charge is 0.251 e. The van der Waals surface area contributed by atoms with E-state index in [0.29, 0.717) is 12.2 Å². The lowest BCUT2D eigenvalue weighted by atomic mass is 10.0. The lowest BCUT2D eigenvalue weighted by Crippen LogP contribution is -2.44. The van der Waals surface area contributed by atoms with Crippen LogP contribution in [0.1, 0.15) is 54.1 Å². The topological polar surface area (TPSA) is 41.6 Å². The minimum atomic E-state index is -0.00647. The summed E-state index contributed by atoms with van der Waals surface area (Å²) >= 11 is 0. The second-order valence-electron chi connectivity index (χ2n) is 7.75. The van der Waals surface area contributed by atoms with Crippen LogP contribution in [-0.4, -0.2) is 36.5 Å². The molecule has 0 aliphatic carbocycles. The summed E-state index contributed by atoms with van der Waals surface area (Å²) in [4.78, 5) is 15.2. The van der Waals surface area contributed by atoms with E-state index in [1.54, 1.807) is 0 Å². The standard InChI is InChI=1S/C24H32N2O2/c1-3-4-13-26-14-11-22(12-15-26)25-24(27)21-9-6-10-23(17-21)28-18-20-8-5-7-19(2)16-20/h5-10,16-17,22H,3-4,11-15,18H2,1-2H3,(H,25,27). The largest absolute Gasteiger partial charge is 0.489 e. The van der Waals surface area contributed by atoms with Crippen molar-refractivity contribution in [1.82, 2.24) is 10.2 Å². The SMILES string of the molecule is CCCCN1CCC(NC(=O)c2cccc(OCc3cccc(C)c3)c2)CC1. The normalized spacial score (nSPS) is 15.4. The number of benzene rings is 2. The molecule has 1 saturated heterocycles. The predicted molar refractivity (Wildman–Crippen MR) is 114 cm³/mol. The molecule has 0 radical (unpaired) electrons. The van der Waals surface area contributed by atoms with Gasteiger partial charge in [0.2, 0.25) is 0 Å². The van der Waals surface area contributed by atoms with E-state index in [0.717, 1.165) is 37.2 Å². The van der Waals surface area contributed by atoms with Crippen molar-refractivity contribution in [2.75, 3.05) is 19.6 Å². The Labute approximate surface area is 168 Å². The van der Waals surface area contributed by atoms with Crippen LogP contribution in [0, 0.1) is 6.92 Å². The Balaban J connectivity index is 1.50. The molecular weight excluding hydrogens is 348 g/mol. The third-order valence-electron chi connectivity index (χ3n) is 5.33. The number of nitrogens with one attached hydrogen (secondary N) is 1. The van der Waals surface area contributed by atoms with Crippen molar-refractivity contribution in [3.63, 3.8) is 0 Å². The number of rotatable bonds is 8. The lowest BCUT2D eigenvalue weighted by Gasteiger charge is -2.32. The molecule has 1 N–H and O–H groups in total. The number of aryl methyl sites for hydroxylation is 1. The fourth-order valence-electron chi connectivity index (χ4n) is 3.65. The van der Waals surface area contributed by atoms with Crippen LogP contribution < -0.4 is 10.1 Å². The molecule has 2 aromatic rings. The highest BCUT2D eigenvalue weighted by Gasteiger charge is 2.20. The van der Waals surface area contributed by atoms with Crippen LogP contribution >= 0.6 is 0 Å². The van der Waals surface area contributed by atoms with Gasteiger partial charge in [-0.25, -0.2) is 0 Å². The fourth-order valence-corrected chi connectivity index (χ4v) is 3.65. The first-order valence-electron chi connectivity index (χ1n) is 10.5. The van der Waals surface area contributed by atoms with Crippen LogP contribution in [0.5, 0.6) is 5.75 Å². The quantitative estimate of drug-likeness (QED) is 0.729. The maximum absolute atomic E-state index is 12.7. The maximum atomic E-state index is 12.7. The van der Waals surface area contributed by atoms with Gasteiger partial charge in [0.05, 0.1) is 0 Å². The number of hydrogen-bond donors (Lipinski definition) is 1. The van der Waals surface area contributed by atoms with Crippen molar-refractivity contribution in [2.24, 2.45) is 0 Å². The number of nitrogens with zero attached hydrogens (tertiary/aromatic N) is 1. The Hall–Kier alpha value is -2.33. The first-order chi connectivity index (χ1) is 13.6. The van der Waals surface area contributed by atoms with Crippen LogP contribution in [-0.2, 0) is 6.61 Å².